The highest BCUT2D eigenvalue weighted by Gasteiger charge is 2.10. The summed E-state index contributed by atoms with van der Waals surface area (Å²) in [5.41, 5.74) is 1.19. The Balaban J connectivity index is 2.27. The Morgan fingerprint density at radius 2 is 1.90 bits per heavy atom. The molecule has 1 aromatic carbocycles. The van der Waals surface area contributed by atoms with Crippen LogP contribution in [0.4, 0.5) is 0 Å². The molecule has 0 radical (unpaired) electrons. The van der Waals surface area contributed by atoms with E-state index in [2.05, 4.69) is 4.98 Å². The molecule has 1 N–H and O–H groups in total. The van der Waals surface area contributed by atoms with E-state index in [1.54, 1.807) is 36.5 Å². The number of methoxy groups -OCH3 is 2. The predicted octanol–water partition coefficient (Wildman–Crippen LogP) is 2.70. The molecule has 2 rings (SSSR count). The van der Waals surface area contributed by atoms with Crippen molar-refractivity contribution in [2.75, 3.05) is 14.2 Å². The number of pyridine rings is 1. The van der Waals surface area contributed by atoms with Crippen LogP contribution in [-0.2, 0) is 0 Å². The highest BCUT2D eigenvalue weighted by molar-refractivity contribution is 6.06. The van der Waals surface area contributed by atoms with Crippen molar-refractivity contribution in [2.45, 2.75) is 0 Å². The number of hydrogen-bond donors (Lipinski definition) is 1. The summed E-state index contributed by atoms with van der Waals surface area (Å²) in [6.07, 6.45) is 6.17. The van der Waals surface area contributed by atoms with Gasteiger partial charge in [-0.05, 0) is 35.9 Å². The molecule has 0 aliphatic heterocycles. The van der Waals surface area contributed by atoms with Gasteiger partial charge in [-0.2, -0.15) is 0 Å². The summed E-state index contributed by atoms with van der Waals surface area (Å²) >= 11 is 0. The minimum absolute atomic E-state index is 0.0734. The first-order valence-electron chi connectivity index (χ1n) is 6.23. The van der Waals surface area contributed by atoms with E-state index in [-0.39, 0.29) is 23.0 Å². The molecular formula is C16H15NO4. The van der Waals surface area contributed by atoms with E-state index in [9.17, 15) is 9.90 Å². The van der Waals surface area contributed by atoms with Crippen LogP contribution in [0.15, 0.2) is 42.7 Å². The topological polar surface area (TPSA) is 68.7 Å². The lowest BCUT2D eigenvalue weighted by molar-refractivity contribution is 0.104. The molecule has 1 heterocycles. The maximum absolute atomic E-state index is 12.0. The minimum atomic E-state index is -0.158. The van der Waals surface area contributed by atoms with Gasteiger partial charge in [0.1, 0.15) is 0 Å². The third kappa shape index (κ3) is 3.39. The van der Waals surface area contributed by atoms with E-state index in [4.69, 9.17) is 9.47 Å². The second-order valence-electron chi connectivity index (χ2n) is 4.21. The quantitative estimate of drug-likeness (QED) is 0.675. The molecule has 0 bridgehead atoms. The van der Waals surface area contributed by atoms with Gasteiger partial charge in [0.15, 0.2) is 17.3 Å². The summed E-state index contributed by atoms with van der Waals surface area (Å²) in [5, 5.41) is 9.82. The van der Waals surface area contributed by atoms with E-state index >= 15 is 0 Å². The Labute approximate surface area is 122 Å². The Hall–Kier alpha value is -2.82. The molecule has 0 saturated carbocycles. The summed E-state index contributed by atoms with van der Waals surface area (Å²) in [7, 11) is 2.89. The fourth-order valence-corrected chi connectivity index (χ4v) is 1.79. The molecule has 0 atom stereocenters. The van der Waals surface area contributed by atoms with Crippen LogP contribution >= 0.6 is 0 Å². The van der Waals surface area contributed by atoms with E-state index in [0.29, 0.717) is 11.1 Å². The zero-order valence-corrected chi connectivity index (χ0v) is 11.7. The molecule has 0 aliphatic carbocycles. The van der Waals surface area contributed by atoms with Crippen LogP contribution in [0.1, 0.15) is 15.9 Å². The van der Waals surface area contributed by atoms with Crippen molar-refractivity contribution in [3.63, 3.8) is 0 Å². The third-order valence-electron chi connectivity index (χ3n) is 2.88. The highest BCUT2D eigenvalue weighted by Crippen LogP contribution is 2.37. The molecule has 5 heteroatoms. The van der Waals surface area contributed by atoms with Crippen LogP contribution in [0.5, 0.6) is 17.2 Å². The lowest BCUT2D eigenvalue weighted by Gasteiger charge is -2.09. The fraction of sp³-hybridized carbons (Fsp3) is 0.125. The van der Waals surface area contributed by atoms with Gasteiger partial charge in [-0.25, -0.2) is 0 Å². The molecule has 0 fully saturated rings. The van der Waals surface area contributed by atoms with E-state index < -0.39 is 0 Å². The van der Waals surface area contributed by atoms with E-state index in [1.165, 1.54) is 26.5 Å². The molecule has 0 amide bonds. The Morgan fingerprint density at radius 3 is 2.43 bits per heavy atom. The minimum Gasteiger partial charge on any atom is -0.502 e. The third-order valence-corrected chi connectivity index (χ3v) is 2.88. The number of aromatic nitrogens is 1. The molecule has 108 valence electrons. The van der Waals surface area contributed by atoms with Gasteiger partial charge in [0.25, 0.3) is 0 Å². The van der Waals surface area contributed by atoms with Gasteiger partial charge in [0.2, 0.25) is 5.75 Å². The van der Waals surface area contributed by atoms with Gasteiger partial charge >= 0.3 is 0 Å². The average Bonchev–Trinajstić information content (AvgIpc) is 2.54. The lowest BCUT2D eigenvalue weighted by Crippen LogP contribution is -1.94. The number of hydrogen-bond acceptors (Lipinski definition) is 5. The molecule has 2 aromatic rings. The second kappa shape index (κ2) is 6.56. The van der Waals surface area contributed by atoms with Gasteiger partial charge in [-0.1, -0.05) is 6.08 Å². The molecule has 0 unspecified atom stereocenters. The molecular weight excluding hydrogens is 270 g/mol. The lowest BCUT2D eigenvalue weighted by atomic mass is 10.1. The van der Waals surface area contributed by atoms with Crippen molar-refractivity contribution < 1.29 is 19.4 Å². The zero-order chi connectivity index (χ0) is 15.2. The van der Waals surface area contributed by atoms with Gasteiger partial charge in [-0.3, -0.25) is 9.78 Å². The van der Waals surface area contributed by atoms with Crippen molar-refractivity contribution in [3.8, 4) is 17.2 Å². The van der Waals surface area contributed by atoms with Crippen LogP contribution in [0.2, 0.25) is 0 Å². The summed E-state index contributed by atoms with van der Waals surface area (Å²) in [5.74, 6) is 0.329. The molecule has 0 saturated heterocycles. The van der Waals surface area contributed by atoms with Gasteiger partial charge in [0, 0.05) is 18.0 Å². The summed E-state index contributed by atoms with van der Waals surface area (Å²) < 4.78 is 10.1. The molecule has 0 aliphatic rings. The fourth-order valence-electron chi connectivity index (χ4n) is 1.79. The summed E-state index contributed by atoms with van der Waals surface area (Å²) in [6, 6.07) is 6.63. The van der Waals surface area contributed by atoms with Crippen molar-refractivity contribution in [1.29, 1.82) is 0 Å². The van der Waals surface area contributed by atoms with Gasteiger partial charge < -0.3 is 14.6 Å². The number of phenolic OH excluding ortho intramolecular Hbond substituents is 1. The van der Waals surface area contributed by atoms with E-state index in [0.717, 1.165) is 0 Å². The van der Waals surface area contributed by atoms with Gasteiger partial charge in [0.05, 0.1) is 14.2 Å². The van der Waals surface area contributed by atoms with Crippen molar-refractivity contribution >= 4 is 11.9 Å². The van der Waals surface area contributed by atoms with Crippen molar-refractivity contribution in [2.24, 2.45) is 0 Å². The second-order valence-corrected chi connectivity index (χ2v) is 4.21. The highest BCUT2D eigenvalue weighted by atomic mass is 16.5. The first kappa shape index (κ1) is 14.6. The maximum atomic E-state index is 12.0. The largest absolute Gasteiger partial charge is 0.502 e. The number of ketones is 1. The normalized spacial score (nSPS) is 10.6. The van der Waals surface area contributed by atoms with E-state index in [1.807, 2.05) is 0 Å². The first-order chi connectivity index (χ1) is 10.2. The number of benzene rings is 1. The molecule has 1 aromatic heterocycles. The number of carbonyl (C=O) groups excluding carboxylic acids is 1. The Morgan fingerprint density at radius 1 is 1.24 bits per heavy atom. The average molecular weight is 285 g/mol. The smallest absolute Gasteiger partial charge is 0.200 e. The van der Waals surface area contributed by atoms with Crippen molar-refractivity contribution in [3.05, 3.63) is 53.9 Å². The number of allylic oxidation sites excluding steroid dienone is 1. The van der Waals surface area contributed by atoms with Crippen LogP contribution in [0.3, 0.4) is 0 Å². The molecule has 21 heavy (non-hydrogen) atoms. The summed E-state index contributed by atoms with van der Waals surface area (Å²) in [4.78, 5) is 15.9. The Kier molecular flexibility index (Phi) is 4.56. The molecule has 5 nitrogen and oxygen atoms in total. The molecule has 0 spiro atoms. The first-order valence-corrected chi connectivity index (χ1v) is 6.23. The zero-order valence-electron chi connectivity index (χ0n) is 11.7. The number of nitrogens with zero attached hydrogens (tertiary/aromatic N) is 1. The van der Waals surface area contributed by atoms with Crippen LogP contribution in [0.25, 0.3) is 6.08 Å². The van der Waals surface area contributed by atoms with Crippen LogP contribution in [-0.4, -0.2) is 30.1 Å². The Bertz CT molecular complexity index is 640. The number of carbonyl (C=O) groups is 1. The predicted molar refractivity (Wildman–Crippen MR) is 78.8 cm³/mol. The van der Waals surface area contributed by atoms with Crippen molar-refractivity contribution in [1.82, 2.24) is 4.98 Å². The number of rotatable bonds is 5. The van der Waals surface area contributed by atoms with Crippen LogP contribution in [0, 0.1) is 0 Å². The number of ether oxygens (including phenoxy) is 2. The maximum Gasteiger partial charge on any atom is 0.200 e. The van der Waals surface area contributed by atoms with Gasteiger partial charge in [-0.15, -0.1) is 0 Å². The van der Waals surface area contributed by atoms with Crippen LogP contribution < -0.4 is 9.47 Å². The summed E-state index contributed by atoms with van der Waals surface area (Å²) in [6.45, 7) is 0. The number of phenols is 1. The SMILES string of the molecule is COc1cc(/C=C/C(=O)c2cccnc2)cc(OC)c1O. The standard InChI is InChI=1S/C16H15NO4/c1-20-14-8-11(9-15(21-2)16(14)19)5-6-13(18)12-4-3-7-17-10-12/h3-10,19H,1-2H3/b6-5+. The number of aromatic hydroxyl groups is 1. The monoisotopic (exact) mass is 285 g/mol.